The molecule has 80 valence electrons. The zero-order chi connectivity index (χ0) is 10.8. The Morgan fingerprint density at radius 1 is 1.67 bits per heavy atom. The van der Waals surface area contributed by atoms with Crippen LogP contribution in [0.5, 0.6) is 5.75 Å². The van der Waals surface area contributed by atoms with E-state index in [0.717, 1.165) is 17.7 Å². The summed E-state index contributed by atoms with van der Waals surface area (Å²) >= 11 is 1.43. The molecular weight excluding hydrogens is 216 g/mol. The van der Waals surface area contributed by atoms with Gasteiger partial charge in [0.15, 0.2) is 11.9 Å². The molecule has 15 heavy (non-hydrogen) atoms. The van der Waals surface area contributed by atoms with Crippen LogP contribution < -0.4 is 4.74 Å². The van der Waals surface area contributed by atoms with Gasteiger partial charge in [-0.3, -0.25) is 0 Å². The first-order valence-corrected chi connectivity index (χ1v) is 5.78. The van der Waals surface area contributed by atoms with E-state index >= 15 is 0 Å². The molecule has 1 aliphatic rings. The fraction of sp³-hybridized carbons (Fsp3) is 0.444. The molecule has 5 nitrogen and oxygen atoms in total. The Kier molecular flexibility index (Phi) is 2.77. The molecule has 0 aliphatic heterocycles. The molecule has 0 radical (unpaired) electrons. The van der Waals surface area contributed by atoms with Crippen molar-refractivity contribution in [2.75, 3.05) is 6.26 Å². The Morgan fingerprint density at radius 3 is 2.93 bits per heavy atom. The normalized spacial score (nSPS) is 15.0. The summed E-state index contributed by atoms with van der Waals surface area (Å²) in [6.07, 6.45) is 5.69. The van der Waals surface area contributed by atoms with Crippen LogP contribution in [0, 0.1) is 10.1 Å². The summed E-state index contributed by atoms with van der Waals surface area (Å²) in [4.78, 5) is 14.5. The number of nitro groups is 1. The maximum Gasteiger partial charge on any atom is 0.364 e. The third kappa shape index (κ3) is 2.38. The van der Waals surface area contributed by atoms with Crippen molar-refractivity contribution in [1.82, 2.24) is 4.98 Å². The third-order valence-electron chi connectivity index (χ3n) is 2.04. The van der Waals surface area contributed by atoms with Crippen LogP contribution in [0.25, 0.3) is 0 Å². The molecule has 0 aromatic carbocycles. The number of thioether (sulfide) groups is 1. The number of aromatic nitrogens is 1. The lowest BCUT2D eigenvalue weighted by Gasteiger charge is -2.06. The summed E-state index contributed by atoms with van der Waals surface area (Å²) < 4.78 is 5.58. The summed E-state index contributed by atoms with van der Waals surface area (Å²) in [5.41, 5.74) is 0. The Morgan fingerprint density at radius 2 is 2.40 bits per heavy atom. The number of rotatable bonds is 4. The van der Waals surface area contributed by atoms with Gasteiger partial charge in [-0.15, -0.1) is 11.8 Å². The van der Waals surface area contributed by atoms with E-state index in [-0.39, 0.29) is 11.9 Å². The summed E-state index contributed by atoms with van der Waals surface area (Å²) in [5, 5.41) is 10.5. The van der Waals surface area contributed by atoms with Crippen LogP contribution in [0.1, 0.15) is 12.8 Å². The topological polar surface area (TPSA) is 65.3 Å². The molecule has 0 bridgehead atoms. The molecule has 0 spiro atoms. The standard InChI is InChI=1S/C9H10N2O3S/c1-15-8-4-9(11(12)13)10-5-7(8)14-6-2-3-6/h4-6H,2-3H2,1H3. The van der Waals surface area contributed by atoms with E-state index in [0.29, 0.717) is 5.75 Å². The summed E-state index contributed by atoms with van der Waals surface area (Å²) in [6, 6.07) is 1.45. The molecule has 6 heteroatoms. The highest BCUT2D eigenvalue weighted by molar-refractivity contribution is 7.98. The van der Waals surface area contributed by atoms with Gasteiger partial charge in [-0.1, -0.05) is 0 Å². The van der Waals surface area contributed by atoms with Gasteiger partial charge in [-0.2, -0.15) is 0 Å². The minimum atomic E-state index is -0.499. The van der Waals surface area contributed by atoms with Crippen molar-refractivity contribution in [2.24, 2.45) is 0 Å². The van der Waals surface area contributed by atoms with E-state index in [1.54, 1.807) is 0 Å². The zero-order valence-corrected chi connectivity index (χ0v) is 8.99. The van der Waals surface area contributed by atoms with E-state index in [2.05, 4.69) is 4.98 Å². The predicted molar refractivity (Wildman–Crippen MR) is 56.3 cm³/mol. The number of nitrogens with zero attached hydrogens (tertiary/aromatic N) is 2. The minimum Gasteiger partial charge on any atom is -0.485 e. The van der Waals surface area contributed by atoms with Crippen molar-refractivity contribution in [2.45, 2.75) is 23.8 Å². The second-order valence-corrected chi connectivity index (χ2v) is 4.12. The van der Waals surface area contributed by atoms with E-state index < -0.39 is 4.92 Å². The van der Waals surface area contributed by atoms with Gasteiger partial charge >= 0.3 is 5.82 Å². The highest BCUT2D eigenvalue weighted by Gasteiger charge is 2.26. The first kappa shape index (κ1) is 10.2. The van der Waals surface area contributed by atoms with Crippen LogP contribution in [-0.2, 0) is 0 Å². The Bertz CT molecular complexity index is 393. The van der Waals surface area contributed by atoms with Crippen LogP contribution >= 0.6 is 11.8 Å². The average Bonchev–Trinajstić information content (AvgIpc) is 3.02. The zero-order valence-electron chi connectivity index (χ0n) is 8.17. The number of hydrogen-bond donors (Lipinski definition) is 0. The van der Waals surface area contributed by atoms with Crippen LogP contribution in [0.3, 0.4) is 0 Å². The molecule has 1 aromatic rings. The SMILES string of the molecule is CSc1cc([N+](=O)[O-])ncc1OC1CC1. The molecule has 0 N–H and O–H groups in total. The molecule has 1 heterocycles. The molecule has 1 fully saturated rings. The van der Waals surface area contributed by atoms with E-state index in [4.69, 9.17) is 4.74 Å². The molecule has 0 unspecified atom stereocenters. The fourth-order valence-electron chi connectivity index (χ4n) is 1.13. The van der Waals surface area contributed by atoms with E-state index in [1.165, 1.54) is 24.0 Å². The van der Waals surface area contributed by atoms with E-state index in [1.807, 2.05) is 6.26 Å². The Hall–Kier alpha value is -1.30. The molecular formula is C9H10N2O3S. The third-order valence-corrected chi connectivity index (χ3v) is 2.80. The summed E-state index contributed by atoms with van der Waals surface area (Å²) in [7, 11) is 0. The predicted octanol–water partition coefficient (Wildman–Crippen LogP) is 2.25. The van der Waals surface area contributed by atoms with Crippen molar-refractivity contribution in [1.29, 1.82) is 0 Å². The fourth-order valence-corrected chi connectivity index (χ4v) is 1.65. The van der Waals surface area contributed by atoms with Gasteiger partial charge in [0.2, 0.25) is 0 Å². The lowest BCUT2D eigenvalue weighted by atomic mass is 10.4. The number of pyridine rings is 1. The van der Waals surface area contributed by atoms with Crippen LogP contribution in [0.4, 0.5) is 5.82 Å². The van der Waals surface area contributed by atoms with Crippen molar-refractivity contribution in [3.63, 3.8) is 0 Å². The highest BCUT2D eigenvalue weighted by Crippen LogP contribution is 2.34. The van der Waals surface area contributed by atoms with Gasteiger partial charge in [0, 0.05) is 0 Å². The second kappa shape index (κ2) is 4.06. The maximum absolute atomic E-state index is 10.5. The second-order valence-electron chi connectivity index (χ2n) is 3.27. The number of hydrogen-bond acceptors (Lipinski definition) is 5. The van der Waals surface area contributed by atoms with Crippen LogP contribution in [0.2, 0.25) is 0 Å². The van der Waals surface area contributed by atoms with Gasteiger partial charge in [-0.05, 0) is 29.0 Å². The van der Waals surface area contributed by atoms with Crippen molar-refractivity contribution in [3.8, 4) is 5.75 Å². The van der Waals surface area contributed by atoms with Crippen LogP contribution in [0.15, 0.2) is 17.2 Å². The molecule has 0 saturated heterocycles. The van der Waals surface area contributed by atoms with Gasteiger partial charge in [0.1, 0.15) is 0 Å². The van der Waals surface area contributed by atoms with Gasteiger partial charge in [0.05, 0.1) is 17.1 Å². The molecule has 0 atom stereocenters. The largest absolute Gasteiger partial charge is 0.485 e. The maximum atomic E-state index is 10.5. The van der Waals surface area contributed by atoms with Gasteiger partial charge < -0.3 is 14.9 Å². The van der Waals surface area contributed by atoms with Crippen molar-refractivity contribution in [3.05, 3.63) is 22.4 Å². The van der Waals surface area contributed by atoms with E-state index in [9.17, 15) is 10.1 Å². The Labute approximate surface area is 91.0 Å². The average molecular weight is 226 g/mol. The minimum absolute atomic E-state index is 0.137. The molecule has 1 saturated carbocycles. The van der Waals surface area contributed by atoms with Gasteiger partial charge in [0.25, 0.3) is 0 Å². The molecule has 2 rings (SSSR count). The number of ether oxygens (including phenoxy) is 1. The molecule has 1 aromatic heterocycles. The first-order chi connectivity index (χ1) is 7.20. The first-order valence-electron chi connectivity index (χ1n) is 4.56. The summed E-state index contributed by atoms with van der Waals surface area (Å²) in [6.45, 7) is 0. The summed E-state index contributed by atoms with van der Waals surface area (Å²) in [5.74, 6) is 0.512. The lowest BCUT2D eigenvalue weighted by molar-refractivity contribution is -0.389. The van der Waals surface area contributed by atoms with Gasteiger partial charge in [-0.25, -0.2) is 0 Å². The van der Waals surface area contributed by atoms with Crippen molar-refractivity contribution < 1.29 is 9.66 Å². The highest BCUT2D eigenvalue weighted by atomic mass is 32.2. The monoisotopic (exact) mass is 226 g/mol. The lowest BCUT2D eigenvalue weighted by Crippen LogP contribution is -1.99. The molecule has 0 amide bonds. The van der Waals surface area contributed by atoms with Crippen molar-refractivity contribution >= 4 is 17.6 Å². The van der Waals surface area contributed by atoms with Crippen LogP contribution in [-0.4, -0.2) is 22.3 Å². The Balaban J connectivity index is 2.25. The quantitative estimate of drug-likeness (QED) is 0.447. The smallest absolute Gasteiger partial charge is 0.364 e. The molecule has 1 aliphatic carbocycles.